The van der Waals surface area contributed by atoms with Crippen LogP contribution in [0.5, 0.6) is 0 Å². The van der Waals surface area contributed by atoms with E-state index in [1.807, 2.05) is 0 Å². The lowest BCUT2D eigenvalue weighted by atomic mass is 9.76. The summed E-state index contributed by atoms with van der Waals surface area (Å²) in [6.07, 6.45) is -1.49. The lowest BCUT2D eigenvalue weighted by Gasteiger charge is -2.37. The molecule has 7 heteroatoms. The van der Waals surface area contributed by atoms with Gasteiger partial charge in [-0.1, -0.05) is 0 Å². The van der Waals surface area contributed by atoms with Crippen LogP contribution in [0.1, 0.15) is 52.0 Å². The summed E-state index contributed by atoms with van der Waals surface area (Å²) < 4.78 is 46.0. The fourth-order valence-corrected chi connectivity index (χ4v) is 2.74. The smallest absolute Gasteiger partial charge is 0.412 e. The number of carbonyl (C=O) groups is 1. The van der Waals surface area contributed by atoms with Crippen LogP contribution in [-0.4, -0.2) is 17.6 Å². The molecule has 0 unspecified atom stereocenters. The topological polar surface area (TPSA) is 64.3 Å². The fraction of sp³-hybridized carbons (Fsp3) is 0.588. The van der Waals surface area contributed by atoms with E-state index in [4.69, 9.17) is 10.5 Å². The Bertz CT molecular complexity index is 617. The van der Waals surface area contributed by atoms with Gasteiger partial charge in [-0.3, -0.25) is 5.32 Å². The Balaban J connectivity index is 2.18. The van der Waals surface area contributed by atoms with Gasteiger partial charge in [-0.05, 0) is 51.8 Å². The van der Waals surface area contributed by atoms with Crippen LogP contribution in [0.2, 0.25) is 0 Å². The number of benzene rings is 1. The molecule has 24 heavy (non-hydrogen) atoms. The number of carbonyl (C=O) groups excluding carboxylic acids is 1. The molecule has 0 bridgehead atoms. The van der Waals surface area contributed by atoms with Crippen molar-refractivity contribution in [2.75, 3.05) is 5.32 Å². The summed E-state index contributed by atoms with van der Waals surface area (Å²) in [7, 11) is 0. The molecule has 1 saturated carbocycles. The minimum absolute atomic E-state index is 0.0210. The number of rotatable bonds is 2. The van der Waals surface area contributed by atoms with Crippen molar-refractivity contribution in [1.82, 2.24) is 0 Å². The Labute approximate surface area is 139 Å². The summed E-state index contributed by atoms with van der Waals surface area (Å²) in [5.41, 5.74) is 4.79. The molecule has 1 aromatic rings. The van der Waals surface area contributed by atoms with Crippen LogP contribution in [0.15, 0.2) is 18.2 Å². The maximum Gasteiger partial charge on any atom is 0.412 e. The SMILES string of the molecule is CC(C)(C)OC(=O)Nc1ccc(F)c(C2(N)CCC(F)(F)CC2)c1. The number of nitrogens with one attached hydrogen (secondary N) is 1. The highest BCUT2D eigenvalue weighted by Crippen LogP contribution is 2.43. The van der Waals surface area contributed by atoms with E-state index in [9.17, 15) is 18.0 Å². The minimum Gasteiger partial charge on any atom is -0.444 e. The minimum atomic E-state index is -2.76. The number of hydrogen-bond donors (Lipinski definition) is 2. The number of nitrogens with two attached hydrogens (primary N) is 1. The van der Waals surface area contributed by atoms with Gasteiger partial charge in [0, 0.05) is 29.6 Å². The predicted octanol–water partition coefficient (Wildman–Crippen LogP) is 4.54. The molecule has 3 N–H and O–H groups in total. The molecule has 0 spiro atoms. The van der Waals surface area contributed by atoms with Gasteiger partial charge in [0.15, 0.2) is 0 Å². The Kier molecular flexibility index (Phi) is 4.86. The maximum atomic E-state index is 14.2. The van der Waals surface area contributed by atoms with E-state index in [0.717, 1.165) is 0 Å². The normalized spacial score (nSPS) is 19.6. The zero-order valence-corrected chi connectivity index (χ0v) is 14.1. The Morgan fingerprint density at radius 2 is 1.79 bits per heavy atom. The van der Waals surface area contributed by atoms with E-state index in [2.05, 4.69) is 5.32 Å². The van der Waals surface area contributed by atoms with Gasteiger partial charge in [0.25, 0.3) is 0 Å². The summed E-state index contributed by atoms with van der Waals surface area (Å²) >= 11 is 0. The van der Waals surface area contributed by atoms with E-state index >= 15 is 0 Å². The Morgan fingerprint density at radius 3 is 2.33 bits per heavy atom. The zero-order chi connectivity index (χ0) is 18.2. The first-order valence-electron chi connectivity index (χ1n) is 7.87. The van der Waals surface area contributed by atoms with E-state index in [0.29, 0.717) is 5.69 Å². The van der Waals surface area contributed by atoms with E-state index in [-0.39, 0.29) is 31.2 Å². The Hall–Kier alpha value is -1.76. The first-order valence-corrected chi connectivity index (χ1v) is 7.87. The van der Waals surface area contributed by atoms with Crippen molar-refractivity contribution in [3.8, 4) is 0 Å². The second kappa shape index (κ2) is 6.27. The average Bonchev–Trinajstić information content (AvgIpc) is 2.42. The molecule has 4 nitrogen and oxygen atoms in total. The van der Waals surface area contributed by atoms with Crippen molar-refractivity contribution in [2.45, 2.75) is 63.5 Å². The van der Waals surface area contributed by atoms with Crippen molar-refractivity contribution >= 4 is 11.8 Å². The van der Waals surface area contributed by atoms with Gasteiger partial charge < -0.3 is 10.5 Å². The zero-order valence-electron chi connectivity index (χ0n) is 14.1. The quantitative estimate of drug-likeness (QED) is 0.828. The molecular formula is C17H23F3N2O2. The van der Waals surface area contributed by atoms with Crippen molar-refractivity contribution in [3.05, 3.63) is 29.6 Å². The van der Waals surface area contributed by atoms with Crippen LogP contribution in [0.4, 0.5) is 23.7 Å². The molecule has 0 atom stereocenters. The highest BCUT2D eigenvalue weighted by Gasteiger charge is 2.43. The van der Waals surface area contributed by atoms with Gasteiger partial charge in [-0.25, -0.2) is 18.0 Å². The Morgan fingerprint density at radius 1 is 1.21 bits per heavy atom. The molecule has 1 fully saturated rings. The average molecular weight is 344 g/mol. The fourth-order valence-electron chi connectivity index (χ4n) is 2.74. The lowest BCUT2D eigenvalue weighted by molar-refractivity contribution is -0.0518. The number of alkyl halides is 2. The largest absolute Gasteiger partial charge is 0.444 e. The number of hydrogen-bond acceptors (Lipinski definition) is 3. The molecule has 1 aliphatic rings. The predicted molar refractivity (Wildman–Crippen MR) is 85.5 cm³/mol. The number of amides is 1. The molecule has 0 aliphatic heterocycles. The summed E-state index contributed by atoms with van der Waals surface area (Å²) in [5.74, 6) is -3.33. The van der Waals surface area contributed by atoms with Crippen LogP contribution in [-0.2, 0) is 10.3 Å². The highest BCUT2D eigenvalue weighted by atomic mass is 19.3. The maximum absolute atomic E-state index is 14.2. The first kappa shape index (κ1) is 18.6. The third-order valence-electron chi connectivity index (χ3n) is 4.02. The van der Waals surface area contributed by atoms with Gasteiger partial charge >= 0.3 is 6.09 Å². The molecule has 1 aromatic carbocycles. The molecule has 1 aliphatic carbocycles. The van der Waals surface area contributed by atoms with Crippen LogP contribution >= 0.6 is 0 Å². The van der Waals surface area contributed by atoms with Crippen molar-refractivity contribution in [2.24, 2.45) is 5.73 Å². The third-order valence-corrected chi connectivity index (χ3v) is 4.02. The third kappa shape index (κ3) is 4.63. The summed E-state index contributed by atoms with van der Waals surface area (Å²) in [6, 6.07) is 3.94. The van der Waals surface area contributed by atoms with E-state index in [1.165, 1.54) is 18.2 Å². The molecule has 0 aromatic heterocycles. The van der Waals surface area contributed by atoms with Crippen LogP contribution in [0.25, 0.3) is 0 Å². The number of ether oxygens (including phenoxy) is 1. The second-order valence-corrected chi connectivity index (χ2v) is 7.33. The second-order valence-electron chi connectivity index (χ2n) is 7.33. The molecule has 0 radical (unpaired) electrons. The summed E-state index contributed by atoms with van der Waals surface area (Å²) in [5, 5.41) is 2.51. The van der Waals surface area contributed by atoms with E-state index < -0.39 is 29.0 Å². The van der Waals surface area contributed by atoms with Crippen LogP contribution in [0, 0.1) is 5.82 Å². The van der Waals surface area contributed by atoms with Gasteiger partial charge in [0.1, 0.15) is 11.4 Å². The van der Waals surface area contributed by atoms with Gasteiger partial charge in [-0.15, -0.1) is 0 Å². The van der Waals surface area contributed by atoms with Crippen LogP contribution < -0.4 is 11.1 Å². The summed E-state index contributed by atoms with van der Waals surface area (Å²) in [4.78, 5) is 11.8. The lowest BCUT2D eigenvalue weighted by Crippen LogP contribution is -2.44. The van der Waals surface area contributed by atoms with Crippen molar-refractivity contribution < 1.29 is 22.7 Å². The van der Waals surface area contributed by atoms with Gasteiger partial charge in [-0.2, -0.15) is 0 Å². The van der Waals surface area contributed by atoms with Gasteiger partial charge in [0.2, 0.25) is 5.92 Å². The molecule has 0 heterocycles. The monoisotopic (exact) mass is 344 g/mol. The molecule has 134 valence electrons. The molecule has 1 amide bonds. The first-order chi connectivity index (χ1) is 10.9. The molecule has 2 rings (SSSR count). The van der Waals surface area contributed by atoms with Crippen molar-refractivity contribution in [1.29, 1.82) is 0 Å². The molecule has 0 saturated heterocycles. The molecular weight excluding hydrogens is 321 g/mol. The van der Waals surface area contributed by atoms with Crippen molar-refractivity contribution in [3.63, 3.8) is 0 Å². The number of anilines is 1. The highest BCUT2D eigenvalue weighted by molar-refractivity contribution is 5.85. The van der Waals surface area contributed by atoms with Gasteiger partial charge in [0.05, 0.1) is 0 Å². The standard InChI is InChI=1S/C17H23F3N2O2/c1-15(2,3)24-14(23)22-11-4-5-13(18)12(10-11)16(21)6-8-17(19,20)9-7-16/h4-5,10H,6-9,21H2,1-3H3,(H,22,23). The van der Waals surface area contributed by atoms with Crippen LogP contribution in [0.3, 0.4) is 0 Å². The number of halogens is 3. The summed E-state index contributed by atoms with van der Waals surface area (Å²) in [6.45, 7) is 5.17. The van der Waals surface area contributed by atoms with E-state index in [1.54, 1.807) is 20.8 Å².